The van der Waals surface area contributed by atoms with Crippen LogP contribution in [0.15, 0.2) is 51.6 Å². The molecule has 2 aromatic rings. The SMILES string of the molecule is C1=Nn2nncc2SC1=Cc1ccccc1. The van der Waals surface area contributed by atoms with Gasteiger partial charge in [0, 0.05) is 4.91 Å². The van der Waals surface area contributed by atoms with E-state index in [-0.39, 0.29) is 0 Å². The summed E-state index contributed by atoms with van der Waals surface area (Å²) in [7, 11) is 0. The van der Waals surface area contributed by atoms with E-state index in [1.54, 1.807) is 24.2 Å². The predicted molar refractivity (Wildman–Crippen MR) is 64.2 cm³/mol. The Bertz CT molecular complexity index is 556. The molecule has 0 fully saturated rings. The van der Waals surface area contributed by atoms with E-state index in [1.807, 2.05) is 18.2 Å². The van der Waals surface area contributed by atoms with Gasteiger partial charge in [0.05, 0.1) is 12.4 Å². The van der Waals surface area contributed by atoms with E-state index in [9.17, 15) is 0 Å². The van der Waals surface area contributed by atoms with Gasteiger partial charge in [-0.15, -0.1) is 9.89 Å². The van der Waals surface area contributed by atoms with Gasteiger partial charge in [-0.1, -0.05) is 42.1 Å². The summed E-state index contributed by atoms with van der Waals surface area (Å²) >= 11 is 1.61. The van der Waals surface area contributed by atoms with Crippen molar-refractivity contribution in [1.82, 2.24) is 15.1 Å². The van der Waals surface area contributed by atoms with Gasteiger partial charge in [0.15, 0.2) is 0 Å². The first-order valence-corrected chi connectivity index (χ1v) is 5.63. The molecular weight excluding hydrogens is 220 g/mol. The Kier molecular flexibility index (Phi) is 2.30. The number of hydrogen-bond donors (Lipinski definition) is 0. The maximum atomic E-state index is 4.16. The number of rotatable bonds is 1. The van der Waals surface area contributed by atoms with E-state index in [0.717, 1.165) is 15.5 Å². The summed E-state index contributed by atoms with van der Waals surface area (Å²) in [6.45, 7) is 0. The Morgan fingerprint density at radius 2 is 2.06 bits per heavy atom. The molecule has 1 aromatic carbocycles. The molecule has 1 aromatic heterocycles. The molecule has 5 heteroatoms. The van der Waals surface area contributed by atoms with Crippen LogP contribution in [0.5, 0.6) is 0 Å². The maximum absolute atomic E-state index is 4.16. The first-order chi connectivity index (χ1) is 7.92. The summed E-state index contributed by atoms with van der Waals surface area (Å²) in [5.41, 5.74) is 1.16. The van der Waals surface area contributed by atoms with E-state index < -0.39 is 0 Å². The minimum atomic E-state index is 0.935. The van der Waals surface area contributed by atoms with E-state index in [4.69, 9.17) is 0 Å². The topological polar surface area (TPSA) is 43.1 Å². The Morgan fingerprint density at radius 1 is 1.19 bits per heavy atom. The molecule has 1 aliphatic rings. The summed E-state index contributed by atoms with van der Waals surface area (Å²) in [5, 5.41) is 12.7. The molecule has 0 saturated heterocycles. The fourth-order valence-corrected chi connectivity index (χ4v) is 2.21. The van der Waals surface area contributed by atoms with Gasteiger partial charge in [0.1, 0.15) is 5.03 Å². The van der Waals surface area contributed by atoms with E-state index in [2.05, 4.69) is 33.6 Å². The summed E-state index contributed by atoms with van der Waals surface area (Å²) in [4.78, 5) is 2.61. The first kappa shape index (κ1) is 9.35. The van der Waals surface area contributed by atoms with E-state index >= 15 is 0 Å². The second-order valence-electron chi connectivity index (χ2n) is 3.27. The molecule has 0 bridgehead atoms. The second kappa shape index (κ2) is 3.94. The van der Waals surface area contributed by atoms with Gasteiger partial charge in [0.2, 0.25) is 0 Å². The van der Waals surface area contributed by atoms with Crippen molar-refractivity contribution < 1.29 is 0 Å². The highest BCUT2D eigenvalue weighted by molar-refractivity contribution is 8.04. The molecule has 1 aliphatic heterocycles. The van der Waals surface area contributed by atoms with Crippen molar-refractivity contribution in [3.8, 4) is 0 Å². The van der Waals surface area contributed by atoms with Crippen molar-refractivity contribution in [3.05, 3.63) is 47.0 Å². The molecule has 0 unspecified atom stereocenters. The monoisotopic (exact) mass is 228 g/mol. The maximum Gasteiger partial charge on any atom is 0.145 e. The third-order valence-electron chi connectivity index (χ3n) is 2.13. The van der Waals surface area contributed by atoms with Crippen LogP contribution in [0.1, 0.15) is 5.56 Å². The lowest BCUT2D eigenvalue weighted by atomic mass is 10.2. The van der Waals surface area contributed by atoms with Crippen LogP contribution in [0.4, 0.5) is 0 Å². The lowest BCUT2D eigenvalue weighted by Gasteiger charge is -2.06. The summed E-state index contributed by atoms with van der Waals surface area (Å²) in [5.74, 6) is 0. The Labute approximate surface area is 96.7 Å². The minimum absolute atomic E-state index is 0.935. The highest BCUT2D eigenvalue weighted by atomic mass is 32.2. The average molecular weight is 228 g/mol. The average Bonchev–Trinajstić information content (AvgIpc) is 2.77. The molecule has 0 amide bonds. The fraction of sp³-hybridized carbons (Fsp3) is 0. The van der Waals surface area contributed by atoms with Crippen LogP contribution in [-0.4, -0.2) is 21.3 Å². The highest BCUT2D eigenvalue weighted by Gasteiger charge is 2.10. The molecule has 78 valence electrons. The number of thioether (sulfide) groups is 1. The quantitative estimate of drug-likeness (QED) is 0.752. The third kappa shape index (κ3) is 1.77. The molecule has 16 heavy (non-hydrogen) atoms. The van der Waals surface area contributed by atoms with Gasteiger partial charge in [-0.3, -0.25) is 0 Å². The Hall–Kier alpha value is -1.88. The number of nitrogens with zero attached hydrogens (tertiary/aromatic N) is 4. The molecule has 0 N–H and O–H groups in total. The second-order valence-corrected chi connectivity index (χ2v) is 4.36. The predicted octanol–water partition coefficient (Wildman–Crippen LogP) is 2.26. The Morgan fingerprint density at radius 3 is 2.94 bits per heavy atom. The van der Waals surface area contributed by atoms with Gasteiger partial charge < -0.3 is 0 Å². The van der Waals surface area contributed by atoms with Crippen molar-refractivity contribution in [2.24, 2.45) is 5.10 Å². The molecule has 0 saturated carbocycles. The van der Waals surface area contributed by atoms with E-state index in [0.29, 0.717) is 0 Å². The van der Waals surface area contributed by atoms with Crippen molar-refractivity contribution in [2.45, 2.75) is 5.03 Å². The lowest BCUT2D eigenvalue weighted by molar-refractivity contribution is 0.646. The number of allylic oxidation sites excluding steroid dienone is 1. The number of fused-ring (bicyclic) bond motifs is 1. The van der Waals surface area contributed by atoms with Crippen molar-refractivity contribution in [1.29, 1.82) is 0 Å². The van der Waals surface area contributed by atoms with Crippen LogP contribution in [0.25, 0.3) is 6.08 Å². The van der Waals surface area contributed by atoms with Crippen molar-refractivity contribution >= 4 is 24.1 Å². The lowest BCUT2D eigenvalue weighted by Crippen LogP contribution is -2.00. The molecule has 0 aliphatic carbocycles. The molecule has 0 atom stereocenters. The van der Waals surface area contributed by atoms with Crippen LogP contribution in [0.2, 0.25) is 0 Å². The van der Waals surface area contributed by atoms with Crippen LogP contribution in [-0.2, 0) is 0 Å². The molecule has 0 radical (unpaired) electrons. The van der Waals surface area contributed by atoms with Crippen molar-refractivity contribution in [3.63, 3.8) is 0 Å². The molecule has 0 spiro atoms. The van der Waals surface area contributed by atoms with Crippen LogP contribution in [0, 0.1) is 0 Å². The Balaban J connectivity index is 1.92. The fourth-order valence-electron chi connectivity index (χ4n) is 1.41. The van der Waals surface area contributed by atoms with Gasteiger partial charge in [0.25, 0.3) is 0 Å². The zero-order valence-electron chi connectivity index (χ0n) is 8.32. The first-order valence-electron chi connectivity index (χ1n) is 4.81. The van der Waals surface area contributed by atoms with Crippen LogP contribution < -0.4 is 0 Å². The molecule has 3 rings (SSSR count). The van der Waals surface area contributed by atoms with Gasteiger partial charge in [-0.2, -0.15) is 5.10 Å². The normalized spacial score (nSPS) is 16.4. The van der Waals surface area contributed by atoms with Gasteiger partial charge in [-0.05, 0) is 16.9 Å². The zero-order valence-corrected chi connectivity index (χ0v) is 9.13. The minimum Gasteiger partial charge on any atom is -0.155 e. The van der Waals surface area contributed by atoms with Crippen molar-refractivity contribution in [2.75, 3.05) is 0 Å². The number of benzene rings is 1. The smallest absolute Gasteiger partial charge is 0.145 e. The van der Waals surface area contributed by atoms with Gasteiger partial charge >= 0.3 is 0 Å². The van der Waals surface area contributed by atoms with Crippen LogP contribution in [0.3, 0.4) is 0 Å². The number of aromatic nitrogens is 3. The number of hydrogen-bond acceptors (Lipinski definition) is 4. The largest absolute Gasteiger partial charge is 0.155 e. The third-order valence-corrected chi connectivity index (χ3v) is 3.06. The van der Waals surface area contributed by atoms with Crippen LogP contribution >= 0.6 is 11.8 Å². The zero-order chi connectivity index (χ0) is 10.8. The highest BCUT2D eigenvalue weighted by Crippen LogP contribution is 2.28. The molecule has 2 heterocycles. The molecular formula is C11H8N4S. The standard InChI is InChI=1S/C11H8N4S/c1-2-4-9(5-3-1)6-10-7-13-15-11(16-10)8-12-14-15/h1-8H. The van der Waals surface area contributed by atoms with E-state index in [1.165, 1.54) is 4.79 Å². The molecule has 4 nitrogen and oxygen atoms in total. The van der Waals surface area contributed by atoms with Gasteiger partial charge in [-0.25, -0.2) is 0 Å². The summed E-state index contributed by atoms with van der Waals surface area (Å²) < 4.78 is 0. The summed E-state index contributed by atoms with van der Waals surface area (Å²) in [6, 6.07) is 10.2. The summed E-state index contributed by atoms with van der Waals surface area (Å²) in [6.07, 6.45) is 5.59.